The van der Waals surface area contributed by atoms with E-state index in [1.807, 2.05) is 26.0 Å². The average Bonchev–Trinajstić information content (AvgIpc) is 3.00. The third-order valence-electron chi connectivity index (χ3n) is 6.45. The van der Waals surface area contributed by atoms with E-state index in [4.69, 9.17) is 0 Å². The van der Waals surface area contributed by atoms with Crippen LogP contribution in [0.1, 0.15) is 76.5 Å². The van der Waals surface area contributed by atoms with Crippen molar-refractivity contribution in [1.29, 1.82) is 0 Å². The Labute approximate surface area is 197 Å². The van der Waals surface area contributed by atoms with Crippen LogP contribution in [0, 0.1) is 27.7 Å². The van der Waals surface area contributed by atoms with Crippen LogP contribution in [0.25, 0.3) is 0 Å². The van der Waals surface area contributed by atoms with E-state index >= 15 is 0 Å². The molecule has 0 saturated carbocycles. The van der Waals surface area contributed by atoms with Gasteiger partial charge in [-0.1, -0.05) is 32.9 Å². The molecule has 2 heterocycles. The molecule has 1 N–H and O–H groups in total. The molecule has 180 valence electrons. The number of aryl methyl sites for hydroxylation is 3. The second-order valence-electron chi connectivity index (χ2n) is 10.1. The van der Waals surface area contributed by atoms with Crippen molar-refractivity contribution in [3.05, 3.63) is 51.3 Å². The van der Waals surface area contributed by atoms with Crippen molar-refractivity contribution in [1.82, 2.24) is 14.2 Å². The Morgan fingerprint density at radius 1 is 0.939 bits per heavy atom. The molecule has 0 radical (unpaired) electrons. The number of aromatic nitrogens is 1. The van der Waals surface area contributed by atoms with Gasteiger partial charge in [-0.25, -0.2) is 8.42 Å². The number of hydrogen-bond donors (Lipinski definition) is 1. The molecule has 1 aliphatic rings. The van der Waals surface area contributed by atoms with Crippen LogP contribution in [0.4, 0.5) is 0 Å². The standard InChI is InChI=1S/C25H35N3O4S/c1-15-13-20(25(6,7)8)14-16(2)23(15)33(31,32)28-11-9-27(10-12-28)24(30)22-17(3)21(19(5)29)18(4)26-22/h13-14,26H,9-12H2,1-8H3. The number of sulfonamides is 1. The Morgan fingerprint density at radius 2 is 1.45 bits per heavy atom. The van der Waals surface area contributed by atoms with Gasteiger partial charge in [0.05, 0.1) is 4.90 Å². The summed E-state index contributed by atoms with van der Waals surface area (Å²) in [6, 6.07) is 3.92. The Balaban J connectivity index is 1.81. The van der Waals surface area contributed by atoms with E-state index in [0.29, 0.717) is 40.5 Å². The summed E-state index contributed by atoms with van der Waals surface area (Å²) in [7, 11) is -3.68. The number of benzene rings is 1. The van der Waals surface area contributed by atoms with Gasteiger partial charge >= 0.3 is 0 Å². The van der Waals surface area contributed by atoms with Crippen molar-refractivity contribution in [2.24, 2.45) is 0 Å². The fourth-order valence-electron chi connectivity index (χ4n) is 4.70. The first-order valence-corrected chi connectivity index (χ1v) is 12.7. The molecule has 1 fully saturated rings. The van der Waals surface area contributed by atoms with Crippen molar-refractivity contribution in [2.75, 3.05) is 26.2 Å². The lowest BCUT2D eigenvalue weighted by Gasteiger charge is -2.34. The van der Waals surface area contributed by atoms with E-state index in [2.05, 4.69) is 25.8 Å². The molecular formula is C25H35N3O4S. The monoisotopic (exact) mass is 473 g/mol. The zero-order valence-corrected chi connectivity index (χ0v) is 21.7. The minimum Gasteiger partial charge on any atom is -0.354 e. The largest absolute Gasteiger partial charge is 0.354 e. The third-order valence-corrected chi connectivity index (χ3v) is 8.66. The molecule has 1 amide bonds. The maximum atomic E-state index is 13.5. The van der Waals surface area contributed by atoms with Crippen molar-refractivity contribution < 1.29 is 18.0 Å². The molecule has 8 heteroatoms. The predicted octanol–water partition coefficient (Wildman–Crippen LogP) is 3.90. The second kappa shape index (κ2) is 8.72. The van der Waals surface area contributed by atoms with E-state index < -0.39 is 10.0 Å². The van der Waals surface area contributed by atoms with Crippen molar-refractivity contribution in [3.63, 3.8) is 0 Å². The topological polar surface area (TPSA) is 90.6 Å². The summed E-state index contributed by atoms with van der Waals surface area (Å²) in [5.74, 6) is -0.290. The maximum absolute atomic E-state index is 13.5. The summed E-state index contributed by atoms with van der Waals surface area (Å²) in [5.41, 5.74) is 4.79. The Hall–Kier alpha value is -2.45. The number of aromatic amines is 1. The number of ketones is 1. The number of nitrogens with zero attached hydrogens (tertiary/aromatic N) is 2. The van der Waals surface area contributed by atoms with Gasteiger partial charge in [0, 0.05) is 37.4 Å². The van der Waals surface area contributed by atoms with Gasteiger partial charge in [-0.05, 0) is 62.3 Å². The second-order valence-corrected chi connectivity index (χ2v) is 11.9. The maximum Gasteiger partial charge on any atom is 0.270 e. The number of H-pyrrole nitrogens is 1. The molecule has 1 aromatic carbocycles. The number of amides is 1. The first-order valence-electron chi connectivity index (χ1n) is 11.3. The zero-order valence-electron chi connectivity index (χ0n) is 20.9. The Bertz CT molecular complexity index is 1190. The van der Waals surface area contributed by atoms with E-state index in [1.165, 1.54) is 11.2 Å². The summed E-state index contributed by atoms with van der Waals surface area (Å²) in [4.78, 5) is 30.0. The van der Waals surface area contributed by atoms with Gasteiger partial charge in [0.25, 0.3) is 5.91 Å². The molecule has 1 aromatic heterocycles. The van der Waals surface area contributed by atoms with E-state index in [1.54, 1.807) is 18.7 Å². The lowest BCUT2D eigenvalue weighted by Crippen LogP contribution is -2.50. The molecule has 0 unspecified atom stereocenters. The highest BCUT2D eigenvalue weighted by Crippen LogP contribution is 2.31. The number of piperazine rings is 1. The lowest BCUT2D eigenvalue weighted by atomic mass is 9.85. The highest BCUT2D eigenvalue weighted by atomic mass is 32.2. The average molecular weight is 474 g/mol. The zero-order chi connectivity index (χ0) is 24.9. The van der Waals surface area contributed by atoms with Gasteiger partial charge in [0.1, 0.15) is 5.69 Å². The minimum absolute atomic E-state index is 0.0691. The SMILES string of the molecule is CC(=O)c1c(C)[nH]c(C(=O)N2CCN(S(=O)(=O)c3c(C)cc(C(C)(C)C)cc3C)CC2)c1C. The number of nitrogens with one attached hydrogen (secondary N) is 1. The summed E-state index contributed by atoms with van der Waals surface area (Å²) < 4.78 is 28.5. The van der Waals surface area contributed by atoms with Crippen molar-refractivity contribution in [3.8, 4) is 0 Å². The van der Waals surface area contributed by atoms with Crippen LogP contribution in [0.2, 0.25) is 0 Å². The molecule has 3 rings (SSSR count). The van der Waals surface area contributed by atoms with Gasteiger partial charge in [0.15, 0.2) is 5.78 Å². The molecule has 0 atom stereocenters. The number of Topliss-reactive ketones (excluding diaryl/α,β-unsaturated/α-hetero) is 1. The summed E-state index contributed by atoms with van der Waals surface area (Å²) in [5, 5.41) is 0. The van der Waals surface area contributed by atoms with E-state index in [-0.39, 0.29) is 30.2 Å². The van der Waals surface area contributed by atoms with Crippen LogP contribution in [0.3, 0.4) is 0 Å². The van der Waals surface area contributed by atoms with Gasteiger partial charge in [-0.2, -0.15) is 4.31 Å². The first-order chi connectivity index (χ1) is 15.2. The fourth-order valence-corrected chi connectivity index (χ4v) is 6.53. The molecule has 7 nitrogen and oxygen atoms in total. The molecule has 0 aliphatic carbocycles. The number of carbonyl (C=O) groups is 2. The van der Waals surface area contributed by atoms with E-state index in [9.17, 15) is 18.0 Å². The van der Waals surface area contributed by atoms with Crippen LogP contribution >= 0.6 is 0 Å². The molecule has 0 spiro atoms. The number of carbonyl (C=O) groups excluding carboxylic acids is 2. The quantitative estimate of drug-likeness (QED) is 0.682. The molecule has 33 heavy (non-hydrogen) atoms. The highest BCUT2D eigenvalue weighted by molar-refractivity contribution is 7.89. The minimum atomic E-state index is -3.68. The van der Waals surface area contributed by atoms with Gasteiger partial charge < -0.3 is 9.88 Å². The normalized spacial score (nSPS) is 15.7. The number of rotatable bonds is 4. The first kappa shape index (κ1) is 25.2. The van der Waals surface area contributed by atoms with Gasteiger partial charge in [0.2, 0.25) is 10.0 Å². The van der Waals surface area contributed by atoms with Crippen molar-refractivity contribution >= 4 is 21.7 Å². The Morgan fingerprint density at radius 3 is 1.88 bits per heavy atom. The third kappa shape index (κ3) is 4.64. The summed E-state index contributed by atoms with van der Waals surface area (Å²) in [6.45, 7) is 16.1. The molecule has 2 aromatic rings. The smallest absolute Gasteiger partial charge is 0.270 e. The summed E-state index contributed by atoms with van der Waals surface area (Å²) >= 11 is 0. The highest BCUT2D eigenvalue weighted by Gasteiger charge is 2.34. The van der Waals surface area contributed by atoms with Crippen LogP contribution in [0.15, 0.2) is 17.0 Å². The molecule has 1 saturated heterocycles. The van der Waals surface area contributed by atoms with Gasteiger partial charge in [-0.3, -0.25) is 9.59 Å². The predicted molar refractivity (Wildman–Crippen MR) is 130 cm³/mol. The van der Waals surface area contributed by atoms with Crippen LogP contribution in [-0.2, 0) is 15.4 Å². The van der Waals surface area contributed by atoms with Crippen LogP contribution in [-0.4, -0.2) is 60.5 Å². The lowest BCUT2D eigenvalue weighted by molar-refractivity contribution is 0.0691. The van der Waals surface area contributed by atoms with Crippen LogP contribution < -0.4 is 0 Å². The Kier molecular flexibility index (Phi) is 6.65. The van der Waals surface area contributed by atoms with Gasteiger partial charge in [-0.15, -0.1) is 0 Å². The number of hydrogen-bond acceptors (Lipinski definition) is 4. The molecule has 1 aliphatic heterocycles. The van der Waals surface area contributed by atoms with Crippen LogP contribution in [0.5, 0.6) is 0 Å². The molecular weight excluding hydrogens is 438 g/mol. The fraction of sp³-hybridized carbons (Fsp3) is 0.520. The van der Waals surface area contributed by atoms with E-state index in [0.717, 1.165) is 16.7 Å². The van der Waals surface area contributed by atoms with Crippen molar-refractivity contribution in [2.45, 2.75) is 65.7 Å². The summed E-state index contributed by atoms with van der Waals surface area (Å²) in [6.07, 6.45) is 0. The molecule has 0 bridgehead atoms.